The normalized spacial score (nSPS) is 10.8. The van der Waals surface area contributed by atoms with E-state index in [1.54, 1.807) is 30.5 Å². The van der Waals surface area contributed by atoms with Gasteiger partial charge >= 0.3 is 5.97 Å². The van der Waals surface area contributed by atoms with E-state index in [9.17, 15) is 9.59 Å². The Morgan fingerprint density at radius 2 is 1.87 bits per heavy atom. The highest BCUT2D eigenvalue weighted by Gasteiger charge is 2.21. The maximum atomic E-state index is 13.3. The van der Waals surface area contributed by atoms with Crippen LogP contribution in [0, 0.1) is 13.8 Å². The Hall–Kier alpha value is -3.29. The first-order chi connectivity index (χ1) is 14.9. The lowest BCUT2D eigenvalue weighted by Crippen LogP contribution is -2.15. The molecule has 156 valence electrons. The van der Waals surface area contributed by atoms with Crippen LogP contribution in [0.4, 0.5) is 5.00 Å². The zero-order valence-corrected chi connectivity index (χ0v) is 18.6. The Morgan fingerprint density at radius 1 is 1.06 bits per heavy atom. The summed E-state index contributed by atoms with van der Waals surface area (Å²) in [5.74, 6) is -0.866. The third-order valence-corrected chi connectivity index (χ3v) is 6.20. The van der Waals surface area contributed by atoms with Gasteiger partial charge in [0.2, 0.25) is 0 Å². The van der Waals surface area contributed by atoms with Crippen molar-refractivity contribution >= 4 is 50.7 Å². The Labute approximate surface area is 187 Å². The van der Waals surface area contributed by atoms with E-state index in [0.717, 1.165) is 10.4 Å². The summed E-state index contributed by atoms with van der Waals surface area (Å²) in [7, 11) is 1.31. The predicted octanol–water partition coefficient (Wildman–Crippen LogP) is 5.67. The summed E-state index contributed by atoms with van der Waals surface area (Å²) in [5.41, 5.74) is 3.32. The molecule has 6 nitrogen and oxygen atoms in total. The van der Waals surface area contributed by atoms with E-state index < -0.39 is 5.97 Å². The van der Waals surface area contributed by atoms with Crippen LogP contribution in [-0.4, -0.2) is 29.0 Å². The van der Waals surface area contributed by atoms with Crippen molar-refractivity contribution < 1.29 is 14.3 Å². The number of amides is 1. The monoisotopic (exact) mass is 451 g/mol. The molecule has 4 rings (SSSR count). The van der Waals surface area contributed by atoms with Crippen molar-refractivity contribution in [2.45, 2.75) is 13.8 Å². The number of methoxy groups -OCH3 is 1. The molecule has 0 aliphatic heterocycles. The minimum atomic E-state index is -0.504. The number of esters is 1. The Kier molecular flexibility index (Phi) is 5.71. The number of pyridine rings is 2. The number of carbonyl (C=O) groups is 2. The summed E-state index contributed by atoms with van der Waals surface area (Å²) < 4.78 is 4.84. The lowest BCUT2D eigenvalue weighted by Gasteiger charge is -2.12. The Balaban J connectivity index is 1.86. The van der Waals surface area contributed by atoms with Crippen molar-refractivity contribution in [3.63, 3.8) is 0 Å². The molecule has 0 aliphatic carbocycles. The number of halogens is 1. The minimum Gasteiger partial charge on any atom is -0.465 e. The third kappa shape index (κ3) is 4.02. The molecule has 3 heterocycles. The van der Waals surface area contributed by atoms with Gasteiger partial charge < -0.3 is 10.1 Å². The smallest absolute Gasteiger partial charge is 0.340 e. The van der Waals surface area contributed by atoms with Crippen LogP contribution in [0.1, 0.15) is 31.2 Å². The molecule has 0 fully saturated rings. The largest absolute Gasteiger partial charge is 0.465 e. The molecule has 0 saturated carbocycles. The quantitative estimate of drug-likeness (QED) is 0.404. The number of aromatic nitrogens is 2. The summed E-state index contributed by atoms with van der Waals surface area (Å²) in [6, 6.07) is 12.4. The van der Waals surface area contributed by atoms with Crippen LogP contribution in [-0.2, 0) is 4.74 Å². The van der Waals surface area contributed by atoms with Gasteiger partial charge in [-0.05, 0) is 49.7 Å². The van der Waals surface area contributed by atoms with E-state index in [-0.39, 0.29) is 5.91 Å². The molecule has 4 aromatic rings. The van der Waals surface area contributed by atoms with Crippen molar-refractivity contribution in [2.75, 3.05) is 12.4 Å². The third-order valence-electron chi connectivity index (χ3n) is 4.83. The van der Waals surface area contributed by atoms with Crippen LogP contribution in [0.25, 0.3) is 22.3 Å². The summed E-state index contributed by atoms with van der Waals surface area (Å²) >= 11 is 7.63. The molecule has 0 unspecified atom stereocenters. The van der Waals surface area contributed by atoms with Gasteiger partial charge in [-0.15, -0.1) is 11.3 Å². The number of aryl methyl sites for hydroxylation is 2. The van der Waals surface area contributed by atoms with E-state index in [4.69, 9.17) is 21.3 Å². The number of rotatable bonds is 4. The van der Waals surface area contributed by atoms with Crippen LogP contribution in [0.15, 0.2) is 48.7 Å². The molecule has 3 aromatic heterocycles. The number of nitrogens with one attached hydrogen (secondary N) is 1. The van der Waals surface area contributed by atoms with Crippen molar-refractivity contribution in [1.82, 2.24) is 9.97 Å². The molecular formula is C23H18ClN3O3S. The molecule has 0 radical (unpaired) electrons. The summed E-state index contributed by atoms with van der Waals surface area (Å²) in [4.78, 5) is 35.4. The van der Waals surface area contributed by atoms with E-state index in [1.807, 2.05) is 32.0 Å². The standard InChI is InChI=1S/C23H18ClN3O3S/c1-12-10-16(23(29)30-3)22(31-12)27-21(28)15-11-19(18-6-4-5-9-25-18)26-20-13(2)17(24)8-7-14(15)20/h4-11H,1-3H3,(H,27,28). The molecule has 0 saturated heterocycles. The zero-order valence-electron chi connectivity index (χ0n) is 17.0. The number of hydrogen-bond acceptors (Lipinski definition) is 6. The topological polar surface area (TPSA) is 81.2 Å². The number of benzene rings is 1. The summed E-state index contributed by atoms with van der Waals surface area (Å²) in [6.45, 7) is 3.72. The Morgan fingerprint density at radius 3 is 2.58 bits per heavy atom. The number of thiophene rings is 1. The average Bonchev–Trinajstić information content (AvgIpc) is 3.15. The van der Waals surface area contributed by atoms with Gasteiger partial charge in [-0.3, -0.25) is 9.78 Å². The van der Waals surface area contributed by atoms with E-state index in [2.05, 4.69) is 10.3 Å². The minimum absolute atomic E-state index is 0.320. The summed E-state index contributed by atoms with van der Waals surface area (Å²) in [5, 5.41) is 4.52. The fourth-order valence-corrected chi connectivity index (χ4v) is 4.32. The van der Waals surface area contributed by atoms with Gasteiger partial charge in [0, 0.05) is 21.5 Å². The molecule has 1 aromatic carbocycles. The molecule has 0 aliphatic rings. The van der Waals surface area contributed by atoms with Gasteiger partial charge in [0.1, 0.15) is 5.00 Å². The highest BCUT2D eigenvalue weighted by atomic mass is 35.5. The van der Waals surface area contributed by atoms with Crippen LogP contribution < -0.4 is 5.32 Å². The van der Waals surface area contributed by atoms with Crippen molar-refractivity contribution in [1.29, 1.82) is 0 Å². The number of ether oxygens (including phenoxy) is 1. The molecule has 1 N–H and O–H groups in total. The van der Waals surface area contributed by atoms with Gasteiger partial charge in [0.15, 0.2) is 0 Å². The van der Waals surface area contributed by atoms with E-state index in [0.29, 0.717) is 43.4 Å². The van der Waals surface area contributed by atoms with Crippen molar-refractivity contribution in [2.24, 2.45) is 0 Å². The fraction of sp³-hybridized carbons (Fsp3) is 0.130. The van der Waals surface area contributed by atoms with Crippen LogP contribution in [0.5, 0.6) is 0 Å². The van der Waals surface area contributed by atoms with E-state index in [1.165, 1.54) is 18.4 Å². The molecule has 0 spiro atoms. The predicted molar refractivity (Wildman–Crippen MR) is 123 cm³/mol. The molecule has 31 heavy (non-hydrogen) atoms. The van der Waals surface area contributed by atoms with Crippen molar-refractivity contribution in [3.05, 3.63) is 75.3 Å². The Bertz CT molecular complexity index is 1320. The second-order valence-corrected chi connectivity index (χ2v) is 8.55. The van der Waals surface area contributed by atoms with Crippen LogP contribution >= 0.6 is 22.9 Å². The lowest BCUT2D eigenvalue weighted by atomic mass is 10.0. The van der Waals surface area contributed by atoms with Crippen LogP contribution in [0.2, 0.25) is 5.02 Å². The van der Waals surface area contributed by atoms with Gasteiger partial charge in [-0.2, -0.15) is 0 Å². The molecule has 0 bridgehead atoms. The fourth-order valence-electron chi connectivity index (χ4n) is 3.28. The first-order valence-corrected chi connectivity index (χ1v) is 10.6. The van der Waals surface area contributed by atoms with Gasteiger partial charge in [0.05, 0.1) is 35.1 Å². The highest BCUT2D eigenvalue weighted by molar-refractivity contribution is 7.16. The van der Waals surface area contributed by atoms with Crippen molar-refractivity contribution in [3.8, 4) is 11.4 Å². The number of anilines is 1. The second-order valence-electron chi connectivity index (χ2n) is 6.88. The second kappa shape index (κ2) is 8.45. The van der Waals surface area contributed by atoms with Gasteiger partial charge in [-0.25, -0.2) is 9.78 Å². The van der Waals surface area contributed by atoms with Crippen LogP contribution in [0.3, 0.4) is 0 Å². The number of fused-ring (bicyclic) bond motifs is 1. The summed E-state index contributed by atoms with van der Waals surface area (Å²) in [6.07, 6.45) is 1.67. The zero-order chi connectivity index (χ0) is 22.1. The number of hydrogen-bond donors (Lipinski definition) is 1. The lowest BCUT2D eigenvalue weighted by molar-refractivity contribution is 0.0602. The molecule has 0 atom stereocenters. The van der Waals surface area contributed by atoms with Gasteiger partial charge in [-0.1, -0.05) is 23.7 Å². The average molecular weight is 452 g/mol. The highest BCUT2D eigenvalue weighted by Crippen LogP contribution is 2.32. The maximum Gasteiger partial charge on any atom is 0.340 e. The SMILES string of the molecule is COC(=O)c1cc(C)sc1NC(=O)c1cc(-c2ccccn2)nc2c(C)c(Cl)ccc12. The maximum absolute atomic E-state index is 13.3. The molecule has 1 amide bonds. The first-order valence-electron chi connectivity index (χ1n) is 9.40. The molecule has 8 heteroatoms. The molecular weight excluding hydrogens is 434 g/mol. The number of carbonyl (C=O) groups excluding carboxylic acids is 2. The number of nitrogens with zero attached hydrogens (tertiary/aromatic N) is 2. The van der Waals surface area contributed by atoms with E-state index >= 15 is 0 Å². The first kappa shape index (κ1) is 21.0. The van der Waals surface area contributed by atoms with Gasteiger partial charge in [0.25, 0.3) is 5.91 Å².